The predicted octanol–water partition coefficient (Wildman–Crippen LogP) is 2.44. The summed E-state index contributed by atoms with van der Waals surface area (Å²) in [7, 11) is 2.07. The second-order valence-corrected chi connectivity index (χ2v) is 5.96. The number of likely N-dealkylation sites (N-methyl/N-ethyl adjacent to an activating group) is 1. The molecule has 4 nitrogen and oxygen atoms in total. The molecule has 4 heteroatoms. The fourth-order valence-corrected chi connectivity index (χ4v) is 1.94. The summed E-state index contributed by atoms with van der Waals surface area (Å²) in [4.78, 5) is 6.84. The van der Waals surface area contributed by atoms with Crippen molar-refractivity contribution >= 4 is 5.82 Å². The van der Waals surface area contributed by atoms with Crippen LogP contribution in [0.1, 0.15) is 32.4 Å². The van der Waals surface area contributed by atoms with Gasteiger partial charge in [-0.15, -0.1) is 0 Å². The van der Waals surface area contributed by atoms with Crippen LogP contribution in [0.15, 0.2) is 18.2 Å². The fraction of sp³-hybridized carbons (Fsp3) is 0.688. The Morgan fingerprint density at radius 2 is 2.20 bits per heavy atom. The molecule has 20 heavy (non-hydrogen) atoms. The molecular weight excluding hydrogens is 250 g/mol. The Balaban J connectivity index is 1.75. The van der Waals surface area contributed by atoms with Gasteiger partial charge >= 0.3 is 0 Å². The zero-order valence-corrected chi connectivity index (χ0v) is 12.9. The molecule has 112 valence electrons. The van der Waals surface area contributed by atoms with Crippen LogP contribution in [-0.2, 0) is 11.3 Å². The van der Waals surface area contributed by atoms with Crippen molar-refractivity contribution in [2.45, 2.75) is 39.3 Å². The molecule has 0 atom stereocenters. The maximum atomic E-state index is 5.68. The summed E-state index contributed by atoms with van der Waals surface area (Å²) in [5.74, 6) is 1.85. The first-order valence-corrected chi connectivity index (χ1v) is 7.63. The van der Waals surface area contributed by atoms with Crippen LogP contribution in [0.25, 0.3) is 0 Å². The number of pyridine rings is 1. The summed E-state index contributed by atoms with van der Waals surface area (Å²) >= 11 is 0. The first-order valence-electron chi connectivity index (χ1n) is 7.63. The molecule has 0 radical (unpaired) electrons. The summed E-state index contributed by atoms with van der Waals surface area (Å²) in [6.07, 6.45) is 2.70. The van der Waals surface area contributed by atoms with Crippen LogP contribution < -0.4 is 10.2 Å². The summed E-state index contributed by atoms with van der Waals surface area (Å²) in [6, 6.07) is 6.67. The van der Waals surface area contributed by atoms with E-state index in [2.05, 4.69) is 54.3 Å². The monoisotopic (exact) mass is 277 g/mol. The third-order valence-corrected chi connectivity index (χ3v) is 3.50. The standard InChI is InChI=1S/C16H27N3O/c1-13(2)17-11-15-5-4-6-16(18-15)19(3)9-10-20-12-14-7-8-14/h4-6,13-14,17H,7-12H2,1-3H3. The van der Waals surface area contributed by atoms with Gasteiger partial charge in [0.1, 0.15) is 5.82 Å². The molecule has 1 saturated carbocycles. The Hall–Kier alpha value is -1.13. The van der Waals surface area contributed by atoms with Gasteiger partial charge in [0.15, 0.2) is 0 Å². The molecule has 1 aliphatic rings. The maximum absolute atomic E-state index is 5.68. The second kappa shape index (κ2) is 7.60. The van der Waals surface area contributed by atoms with Gasteiger partial charge in [0, 0.05) is 32.8 Å². The zero-order valence-electron chi connectivity index (χ0n) is 12.9. The number of anilines is 1. The average molecular weight is 277 g/mol. The third kappa shape index (κ3) is 5.47. The van der Waals surface area contributed by atoms with Crippen LogP contribution >= 0.6 is 0 Å². The van der Waals surface area contributed by atoms with Gasteiger partial charge in [0.25, 0.3) is 0 Å². The number of aromatic nitrogens is 1. The summed E-state index contributed by atoms with van der Waals surface area (Å²) in [6.45, 7) is 7.71. The lowest BCUT2D eigenvalue weighted by molar-refractivity contribution is 0.131. The van der Waals surface area contributed by atoms with E-state index in [9.17, 15) is 0 Å². The largest absolute Gasteiger partial charge is 0.379 e. The minimum Gasteiger partial charge on any atom is -0.379 e. The number of ether oxygens (including phenoxy) is 1. The van der Waals surface area contributed by atoms with Gasteiger partial charge in [-0.05, 0) is 30.9 Å². The number of nitrogens with zero attached hydrogens (tertiary/aromatic N) is 2. The van der Waals surface area contributed by atoms with Crippen LogP contribution in [0.4, 0.5) is 5.82 Å². The number of hydrogen-bond donors (Lipinski definition) is 1. The molecule has 0 saturated heterocycles. The van der Waals surface area contributed by atoms with Crippen molar-refractivity contribution in [2.75, 3.05) is 31.7 Å². The Labute approximate surface area is 122 Å². The predicted molar refractivity (Wildman–Crippen MR) is 83.0 cm³/mol. The summed E-state index contributed by atoms with van der Waals surface area (Å²) < 4.78 is 5.68. The lowest BCUT2D eigenvalue weighted by atomic mass is 10.3. The van der Waals surface area contributed by atoms with Crippen molar-refractivity contribution in [2.24, 2.45) is 5.92 Å². The van der Waals surface area contributed by atoms with Gasteiger partial charge in [0.05, 0.1) is 12.3 Å². The summed E-state index contributed by atoms with van der Waals surface area (Å²) in [5, 5.41) is 3.39. The average Bonchev–Trinajstić information content (AvgIpc) is 3.25. The lowest BCUT2D eigenvalue weighted by Crippen LogP contribution is -2.25. The van der Waals surface area contributed by atoms with E-state index in [1.54, 1.807) is 0 Å². The quantitative estimate of drug-likeness (QED) is 0.704. The Bertz CT molecular complexity index is 404. The van der Waals surface area contributed by atoms with E-state index in [0.29, 0.717) is 6.04 Å². The van der Waals surface area contributed by atoms with Crippen molar-refractivity contribution in [1.29, 1.82) is 0 Å². The first-order chi connectivity index (χ1) is 9.65. The molecule has 2 rings (SSSR count). The highest BCUT2D eigenvalue weighted by Gasteiger charge is 2.20. The fourth-order valence-electron chi connectivity index (χ4n) is 1.94. The van der Waals surface area contributed by atoms with Gasteiger partial charge in [0.2, 0.25) is 0 Å². The van der Waals surface area contributed by atoms with E-state index in [0.717, 1.165) is 43.7 Å². The van der Waals surface area contributed by atoms with Crippen LogP contribution in [0.5, 0.6) is 0 Å². The molecule has 1 fully saturated rings. The molecule has 0 spiro atoms. The zero-order chi connectivity index (χ0) is 14.4. The first kappa shape index (κ1) is 15.3. The minimum atomic E-state index is 0.481. The topological polar surface area (TPSA) is 37.4 Å². The second-order valence-electron chi connectivity index (χ2n) is 5.96. The van der Waals surface area contributed by atoms with Gasteiger partial charge in [-0.2, -0.15) is 0 Å². The van der Waals surface area contributed by atoms with E-state index >= 15 is 0 Å². The van der Waals surface area contributed by atoms with Gasteiger partial charge in [-0.25, -0.2) is 4.98 Å². The van der Waals surface area contributed by atoms with Crippen molar-refractivity contribution in [3.63, 3.8) is 0 Å². The van der Waals surface area contributed by atoms with Crippen molar-refractivity contribution in [1.82, 2.24) is 10.3 Å². The van der Waals surface area contributed by atoms with E-state index in [4.69, 9.17) is 4.74 Å². The van der Waals surface area contributed by atoms with Gasteiger partial charge in [-0.1, -0.05) is 19.9 Å². The summed E-state index contributed by atoms with van der Waals surface area (Å²) in [5.41, 5.74) is 1.09. The number of nitrogens with one attached hydrogen (secondary N) is 1. The molecule has 1 aromatic heterocycles. The van der Waals surface area contributed by atoms with Crippen LogP contribution in [-0.4, -0.2) is 37.8 Å². The van der Waals surface area contributed by atoms with Crippen LogP contribution in [0.3, 0.4) is 0 Å². The highest BCUT2D eigenvalue weighted by Crippen LogP contribution is 2.28. The van der Waals surface area contributed by atoms with Crippen LogP contribution in [0, 0.1) is 5.92 Å². The normalized spacial score (nSPS) is 14.8. The third-order valence-electron chi connectivity index (χ3n) is 3.50. The highest BCUT2D eigenvalue weighted by molar-refractivity contribution is 5.38. The van der Waals surface area contributed by atoms with E-state index in [-0.39, 0.29) is 0 Å². The molecule has 0 aromatic carbocycles. The minimum absolute atomic E-state index is 0.481. The van der Waals surface area contributed by atoms with E-state index < -0.39 is 0 Å². The lowest BCUT2D eigenvalue weighted by Gasteiger charge is -2.19. The smallest absolute Gasteiger partial charge is 0.128 e. The van der Waals surface area contributed by atoms with Crippen molar-refractivity contribution in [3.05, 3.63) is 23.9 Å². The van der Waals surface area contributed by atoms with Crippen molar-refractivity contribution < 1.29 is 4.74 Å². The van der Waals surface area contributed by atoms with E-state index in [1.807, 2.05) is 0 Å². The molecule has 0 unspecified atom stereocenters. The molecule has 0 amide bonds. The molecule has 1 aliphatic carbocycles. The molecule has 1 aromatic rings. The molecular formula is C16H27N3O. The Kier molecular flexibility index (Phi) is 5.80. The van der Waals surface area contributed by atoms with Crippen molar-refractivity contribution in [3.8, 4) is 0 Å². The Morgan fingerprint density at radius 3 is 2.90 bits per heavy atom. The number of rotatable bonds is 9. The highest BCUT2D eigenvalue weighted by atomic mass is 16.5. The Morgan fingerprint density at radius 1 is 1.40 bits per heavy atom. The van der Waals surface area contributed by atoms with Gasteiger partial charge in [-0.3, -0.25) is 0 Å². The van der Waals surface area contributed by atoms with E-state index in [1.165, 1.54) is 12.8 Å². The molecule has 0 bridgehead atoms. The van der Waals surface area contributed by atoms with Gasteiger partial charge < -0.3 is 15.0 Å². The molecule has 1 N–H and O–H groups in total. The molecule has 1 heterocycles. The van der Waals surface area contributed by atoms with Crippen LogP contribution in [0.2, 0.25) is 0 Å². The maximum Gasteiger partial charge on any atom is 0.128 e. The molecule has 0 aliphatic heterocycles. The SMILES string of the molecule is CC(C)NCc1cccc(N(C)CCOCC2CC2)n1. The number of hydrogen-bond acceptors (Lipinski definition) is 4.